The number of hydrogen-bond donors (Lipinski definition) is 3. The molecule has 1 aromatic carbocycles. The van der Waals surface area contributed by atoms with Crippen LogP contribution < -0.4 is 16.0 Å². The summed E-state index contributed by atoms with van der Waals surface area (Å²) < 4.78 is 0.881. The number of alkyl halides is 1. The average molecular weight is 625 g/mol. The van der Waals surface area contributed by atoms with Crippen LogP contribution in [0.1, 0.15) is 63.1 Å². The minimum atomic E-state index is -0.792. The maximum absolute atomic E-state index is 12.9. The van der Waals surface area contributed by atoms with E-state index in [0.717, 1.165) is 15.6 Å². The molecule has 0 spiro atoms. The summed E-state index contributed by atoms with van der Waals surface area (Å²) in [6.45, 7) is 9.52. The number of anilines is 1. The van der Waals surface area contributed by atoms with Gasteiger partial charge in [0.1, 0.15) is 12.1 Å². The van der Waals surface area contributed by atoms with Gasteiger partial charge in [-0.25, -0.2) is 0 Å². The van der Waals surface area contributed by atoms with Gasteiger partial charge in [0.05, 0.1) is 0 Å². The number of nitrogens with zero attached hydrogens (tertiary/aromatic N) is 1. The summed E-state index contributed by atoms with van der Waals surface area (Å²) in [6.07, 6.45) is 4.56. The van der Waals surface area contributed by atoms with E-state index in [2.05, 4.69) is 38.5 Å². The zero-order valence-electron chi connectivity index (χ0n) is 22.2. The van der Waals surface area contributed by atoms with Gasteiger partial charge >= 0.3 is 0 Å². The van der Waals surface area contributed by atoms with Crippen molar-refractivity contribution < 1.29 is 24.0 Å². The predicted octanol–water partition coefficient (Wildman–Crippen LogP) is 3.31. The standard InChI is InChI=1S/C27H37IN4O5/c1-16(2)25(31-22(33)9-7-6-8-12-32-23(34)10-11-24(32)35)27(37)29-19(5)26(36)30-21-14-17(3)20(15-28)13-18(21)4/h10-11,13-14,16,19,25H,6-9,12,15H2,1-5H3,(H,29,37)(H,30,36)(H,31,33)/t19-,25-/m0/s1. The fourth-order valence-corrected chi connectivity index (χ4v) is 4.75. The van der Waals surface area contributed by atoms with E-state index >= 15 is 0 Å². The molecule has 0 unspecified atom stereocenters. The molecule has 0 saturated heterocycles. The van der Waals surface area contributed by atoms with Gasteiger partial charge in [0, 0.05) is 35.2 Å². The zero-order chi connectivity index (χ0) is 27.7. The van der Waals surface area contributed by atoms with E-state index in [-0.39, 0.29) is 36.0 Å². The summed E-state index contributed by atoms with van der Waals surface area (Å²) in [5, 5.41) is 8.38. The molecule has 1 aliphatic rings. The highest BCUT2D eigenvalue weighted by molar-refractivity contribution is 14.1. The van der Waals surface area contributed by atoms with E-state index in [4.69, 9.17) is 0 Å². The van der Waals surface area contributed by atoms with Crippen LogP contribution in [0.15, 0.2) is 24.3 Å². The number of imide groups is 1. The maximum atomic E-state index is 12.9. The molecule has 0 bridgehead atoms. The highest BCUT2D eigenvalue weighted by atomic mass is 127. The van der Waals surface area contributed by atoms with Crippen LogP contribution in [0.4, 0.5) is 5.69 Å². The lowest BCUT2D eigenvalue weighted by molar-refractivity contribution is -0.137. The number of carbonyl (C=O) groups excluding carboxylic acids is 5. The minimum Gasteiger partial charge on any atom is -0.344 e. The van der Waals surface area contributed by atoms with Crippen LogP contribution in [0.25, 0.3) is 0 Å². The van der Waals surface area contributed by atoms with E-state index in [9.17, 15) is 24.0 Å². The number of rotatable bonds is 13. The molecule has 0 radical (unpaired) electrons. The number of nitrogens with one attached hydrogen (secondary N) is 3. The third-order valence-electron chi connectivity index (χ3n) is 6.29. The minimum absolute atomic E-state index is 0.176. The van der Waals surface area contributed by atoms with Gasteiger partial charge in [0.15, 0.2) is 0 Å². The fourth-order valence-electron chi connectivity index (χ4n) is 3.93. The molecule has 3 N–H and O–H groups in total. The maximum Gasteiger partial charge on any atom is 0.253 e. The molecule has 5 amide bonds. The van der Waals surface area contributed by atoms with Crippen LogP contribution in [0, 0.1) is 19.8 Å². The Morgan fingerprint density at radius 3 is 2.14 bits per heavy atom. The summed E-state index contributed by atoms with van der Waals surface area (Å²) in [6, 6.07) is 2.42. The lowest BCUT2D eigenvalue weighted by Gasteiger charge is -2.24. The SMILES string of the molecule is Cc1cc(NC(=O)[C@H](C)NC(=O)[C@@H](NC(=O)CCCCCN2C(=O)C=CC2=O)C(C)C)c(C)cc1CI. The number of carbonyl (C=O) groups is 5. The summed E-state index contributed by atoms with van der Waals surface area (Å²) in [5.41, 5.74) is 3.96. The first-order chi connectivity index (χ1) is 17.4. The molecule has 0 aliphatic carbocycles. The summed E-state index contributed by atoms with van der Waals surface area (Å²) in [5.74, 6) is -1.81. The fraction of sp³-hybridized carbons (Fsp3) is 0.519. The number of aryl methyl sites for hydroxylation is 2. The lowest BCUT2D eigenvalue weighted by Crippen LogP contribution is -2.53. The van der Waals surface area contributed by atoms with Crippen molar-refractivity contribution in [1.82, 2.24) is 15.5 Å². The second-order valence-electron chi connectivity index (χ2n) is 9.71. The summed E-state index contributed by atoms with van der Waals surface area (Å²) >= 11 is 2.30. The molecular formula is C27H37IN4O5. The Morgan fingerprint density at radius 2 is 1.54 bits per heavy atom. The van der Waals surface area contributed by atoms with E-state index in [1.54, 1.807) is 6.92 Å². The Hall–Kier alpha value is -2.76. The number of benzene rings is 1. The van der Waals surface area contributed by atoms with Crippen LogP contribution >= 0.6 is 22.6 Å². The Labute approximate surface area is 232 Å². The molecule has 1 heterocycles. The molecule has 0 aromatic heterocycles. The van der Waals surface area contributed by atoms with Crippen LogP contribution in [-0.4, -0.2) is 53.1 Å². The second kappa shape index (κ2) is 14.3. The van der Waals surface area contributed by atoms with Gasteiger partial charge in [0.2, 0.25) is 17.7 Å². The molecule has 2 rings (SSSR count). The zero-order valence-corrected chi connectivity index (χ0v) is 24.3. The van der Waals surface area contributed by atoms with Gasteiger partial charge in [-0.1, -0.05) is 48.9 Å². The van der Waals surface area contributed by atoms with Crippen molar-refractivity contribution >= 4 is 57.8 Å². The molecule has 1 aliphatic heterocycles. The van der Waals surface area contributed by atoms with Crippen molar-refractivity contribution in [3.8, 4) is 0 Å². The molecule has 0 fully saturated rings. The van der Waals surface area contributed by atoms with Crippen molar-refractivity contribution in [1.29, 1.82) is 0 Å². The van der Waals surface area contributed by atoms with Gasteiger partial charge in [-0.3, -0.25) is 28.9 Å². The quantitative estimate of drug-likeness (QED) is 0.135. The monoisotopic (exact) mass is 624 g/mol. The smallest absolute Gasteiger partial charge is 0.253 e. The number of hydrogen-bond acceptors (Lipinski definition) is 5. The van der Waals surface area contributed by atoms with Crippen molar-refractivity contribution in [3.63, 3.8) is 0 Å². The molecule has 2 atom stereocenters. The first-order valence-electron chi connectivity index (χ1n) is 12.5. The molecule has 9 nitrogen and oxygen atoms in total. The van der Waals surface area contributed by atoms with Crippen LogP contribution in [0.5, 0.6) is 0 Å². The Bertz CT molecular complexity index is 1050. The van der Waals surface area contributed by atoms with Gasteiger partial charge in [-0.05, 0) is 62.3 Å². The highest BCUT2D eigenvalue weighted by Crippen LogP contribution is 2.22. The first kappa shape index (κ1) is 30.5. The largest absolute Gasteiger partial charge is 0.344 e. The molecule has 202 valence electrons. The van der Waals surface area contributed by atoms with Crippen molar-refractivity contribution in [2.24, 2.45) is 5.92 Å². The Morgan fingerprint density at radius 1 is 0.892 bits per heavy atom. The topological polar surface area (TPSA) is 125 Å². The molecule has 10 heteroatoms. The predicted molar refractivity (Wildman–Crippen MR) is 151 cm³/mol. The van der Waals surface area contributed by atoms with Gasteiger partial charge in [-0.2, -0.15) is 0 Å². The van der Waals surface area contributed by atoms with Crippen molar-refractivity contribution in [2.75, 3.05) is 11.9 Å². The van der Waals surface area contributed by atoms with Crippen LogP contribution in [0.2, 0.25) is 0 Å². The highest BCUT2D eigenvalue weighted by Gasteiger charge is 2.27. The van der Waals surface area contributed by atoms with E-state index in [0.29, 0.717) is 31.5 Å². The average Bonchev–Trinajstić information content (AvgIpc) is 3.15. The van der Waals surface area contributed by atoms with E-state index in [1.807, 2.05) is 39.8 Å². The molecule has 0 saturated carbocycles. The van der Waals surface area contributed by atoms with Crippen molar-refractivity contribution in [2.45, 2.75) is 76.8 Å². The Kier molecular flexibility index (Phi) is 11.7. The third-order valence-corrected chi connectivity index (χ3v) is 7.11. The Balaban J connectivity index is 1.81. The normalized spacial score (nSPS) is 14.6. The number of amides is 5. The number of unbranched alkanes of at least 4 members (excludes halogenated alkanes) is 2. The lowest BCUT2D eigenvalue weighted by atomic mass is 10.0. The third kappa shape index (κ3) is 8.94. The van der Waals surface area contributed by atoms with E-state index in [1.165, 1.54) is 22.6 Å². The summed E-state index contributed by atoms with van der Waals surface area (Å²) in [7, 11) is 0. The number of halogens is 1. The van der Waals surface area contributed by atoms with Gasteiger partial charge < -0.3 is 16.0 Å². The summed E-state index contributed by atoms with van der Waals surface area (Å²) in [4.78, 5) is 62.4. The van der Waals surface area contributed by atoms with Crippen molar-refractivity contribution in [3.05, 3.63) is 41.0 Å². The molecule has 1 aromatic rings. The van der Waals surface area contributed by atoms with Crippen LogP contribution in [-0.2, 0) is 28.4 Å². The van der Waals surface area contributed by atoms with E-state index < -0.39 is 18.0 Å². The van der Waals surface area contributed by atoms with Crippen LogP contribution in [0.3, 0.4) is 0 Å². The molecular weight excluding hydrogens is 587 g/mol. The first-order valence-corrected chi connectivity index (χ1v) is 14.1. The van der Waals surface area contributed by atoms with Gasteiger partial charge in [0.25, 0.3) is 11.8 Å². The van der Waals surface area contributed by atoms with Gasteiger partial charge in [-0.15, -0.1) is 0 Å². The second-order valence-corrected chi connectivity index (χ2v) is 10.5. The molecule has 37 heavy (non-hydrogen) atoms.